The van der Waals surface area contributed by atoms with E-state index in [-0.39, 0.29) is 12.0 Å². The number of para-hydroxylation sites is 1. The standard InChI is InChI=1S/C11H15N3O3/c1-17-11(16)7-3-2-4-8(10(7)13)14-6-5-9(12)15/h2-4,14H,5-6,13H2,1H3,(H2,12,15). The second kappa shape index (κ2) is 5.74. The summed E-state index contributed by atoms with van der Waals surface area (Å²) < 4.78 is 4.59. The number of methoxy groups -OCH3 is 1. The van der Waals surface area contributed by atoms with Crippen LogP contribution in [0.5, 0.6) is 0 Å². The van der Waals surface area contributed by atoms with Crippen LogP contribution in [0.25, 0.3) is 0 Å². The van der Waals surface area contributed by atoms with Crippen molar-refractivity contribution >= 4 is 23.3 Å². The van der Waals surface area contributed by atoms with E-state index in [4.69, 9.17) is 11.5 Å². The van der Waals surface area contributed by atoms with Gasteiger partial charge in [0.05, 0.1) is 24.0 Å². The Bertz CT molecular complexity index is 432. The van der Waals surface area contributed by atoms with E-state index in [1.54, 1.807) is 18.2 Å². The lowest BCUT2D eigenvalue weighted by Crippen LogP contribution is -2.17. The third-order valence-corrected chi connectivity index (χ3v) is 2.20. The Balaban J connectivity index is 2.80. The van der Waals surface area contributed by atoms with Crippen molar-refractivity contribution in [2.75, 3.05) is 24.7 Å². The van der Waals surface area contributed by atoms with Crippen LogP contribution in [0.1, 0.15) is 16.8 Å². The summed E-state index contributed by atoms with van der Waals surface area (Å²) in [5, 5.41) is 2.93. The number of hydrogen-bond donors (Lipinski definition) is 3. The van der Waals surface area contributed by atoms with E-state index in [0.29, 0.717) is 17.9 Å². The Kier molecular flexibility index (Phi) is 4.33. The van der Waals surface area contributed by atoms with Gasteiger partial charge in [-0.15, -0.1) is 0 Å². The number of hydrogen-bond acceptors (Lipinski definition) is 5. The molecule has 0 atom stereocenters. The van der Waals surface area contributed by atoms with Crippen molar-refractivity contribution in [3.05, 3.63) is 23.8 Å². The van der Waals surface area contributed by atoms with E-state index in [9.17, 15) is 9.59 Å². The normalized spacial score (nSPS) is 9.71. The van der Waals surface area contributed by atoms with Crippen LogP contribution in [0.15, 0.2) is 18.2 Å². The fraction of sp³-hybridized carbons (Fsp3) is 0.273. The Morgan fingerprint density at radius 3 is 2.71 bits per heavy atom. The van der Waals surface area contributed by atoms with Crippen LogP contribution in [0.2, 0.25) is 0 Å². The molecule has 0 aliphatic rings. The minimum absolute atomic E-state index is 0.196. The number of nitrogens with two attached hydrogens (primary N) is 2. The third kappa shape index (κ3) is 3.37. The van der Waals surface area contributed by atoms with Crippen molar-refractivity contribution in [2.24, 2.45) is 5.73 Å². The van der Waals surface area contributed by atoms with Crippen LogP contribution in [-0.2, 0) is 9.53 Å². The van der Waals surface area contributed by atoms with Gasteiger partial charge in [-0.25, -0.2) is 4.79 Å². The molecule has 0 aromatic heterocycles. The largest absolute Gasteiger partial charge is 0.465 e. The average molecular weight is 237 g/mol. The monoisotopic (exact) mass is 237 g/mol. The summed E-state index contributed by atoms with van der Waals surface area (Å²) in [5.74, 6) is -0.902. The first-order valence-electron chi connectivity index (χ1n) is 5.05. The van der Waals surface area contributed by atoms with Crippen LogP contribution in [0, 0.1) is 0 Å². The molecule has 0 radical (unpaired) electrons. The molecule has 0 saturated heterocycles. The third-order valence-electron chi connectivity index (χ3n) is 2.20. The molecule has 0 saturated carbocycles. The predicted molar refractivity (Wildman–Crippen MR) is 64.5 cm³/mol. The first-order valence-corrected chi connectivity index (χ1v) is 5.05. The highest BCUT2D eigenvalue weighted by atomic mass is 16.5. The van der Waals surface area contributed by atoms with Gasteiger partial charge in [0, 0.05) is 13.0 Å². The predicted octanol–water partition coefficient (Wildman–Crippen LogP) is 0.343. The lowest BCUT2D eigenvalue weighted by atomic mass is 10.1. The summed E-state index contributed by atoms with van der Waals surface area (Å²) in [5.41, 5.74) is 12.0. The molecule has 0 spiro atoms. The van der Waals surface area contributed by atoms with Crippen molar-refractivity contribution < 1.29 is 14.3 Å². The molecule has 6 nitrogen and oxygen atoms in total. The summed E-state index contributed by atoms with van der Waals surface area (Å²) in [4.78, 5) is 21.9. The van der Waals surface area contributed by atoms with Crippen LogP contribution < -0.4 is 16.8 Å². The maximum absolute atomic E-state index is 11.4. The van der Waals surface area contributed by atoms with Gasteiger partial charge < -0.3 is 21.5 Å². The van der Waals surface area contributed by atoms with E-state index in [1.807, 2.05) is 0 Å². The number of carbonyl (C=O) groups is 2. The summed E-state index contributed by atoms with van der Waals surface area (Å²) in [6.07, 6.45) is 0.196. The highest BCUT2D eigenvalue weighted by molar-refractivity contribution is 5.98. The molecule has 92 valence electrons. The number of nitrogen functional groups attached to an aromatic ring is 1. The fourth-order valence-electron chi connectivity index (χ4n) is 1.33. The molecule has 1 rings (SSSR count). The zero-order chi connectivity index (χ0) is 12.8. The van der Waals surface area contributed by atoms with Gasteiger partial charge in [-0.3, -0.25) is 4.79 Å². The van der Waals surface area contributed by atoms with Gasteiger partial charge in [0.15, 0.2) is 0 Å². The molecule has 1 aromatic carbocycles. The molecule has 0 aliphatic carbocycles. The van der Waals surface area contributed by atoms with Crippen molar-refractivity contribution in [1.29, 1.82) is 0 Å². The van der Waals surface area contributed by atoms with Gasteiger partial charge in [-0.05, 0) is 12.1 Å². The number of rotatable bonds is 5. The van der Waals surface area contributed by atoms with E-state index in [0.717, 1.165) is 0 Å². The van der Waals surface area contributed by atoms with Crippen molar-refractivity contribution in [3.8, 4) is 0 Å². The van der Waals surface area contributed by atoms with Gasteiger partial charge in [-0.1, -0.05) is 6.07 Å². The van der Waals surface area contributed by atoms with Crippen molar-refractivity contribution in [2.45, 2.75) is 6.42 Å². The Morgan fingerprint density at radius 1 is 1.41 bits per heavy atom. The minimum atomic E-state index is -0.499. The highest BCUT2D eigenvalue weighted by Gasteiger charge is 2.12. The minimum Gasteiger partial charge on any atom is -0.465 e. The number of carbonyl (C=O) groups excluding carboxylic acids is 2. The Labute approximate surface area is 98.9 Å². The molecule has 0 bridgehead atoms. The average Bonchev–Trinajstić information content (AvgIpc) is 2.30. The lowest BCUT2D eigenvalue weighted by Gasteiger charge is -2.11. The van der Waals surface area contributed by atoms with Gasteiger partial charge in [0.2, 0.25) is 5.91 Å². The second-order valence-electron chi connectivity index (χ2n) is 3.40. The van der Waals surface area contributed by atoms with E-state index >= 15 is 0 Å². The quantitative estimate of drug-likeness (QED) is 0.505. The second-order valence-corrected chi connectivity index (χ2v) is 3.40. The van der Waals surface area contributed by atoms with Gasteiger partial charge in [0.25, 0.3) is 0 Å². The molecule has 5 N–H and O–H groups in total. The zero-order valence-corrected chi connectivity index (χ0v) is 9.53. The molecule has 1 aromatic rings. The number of primary amides is 1. The van der Waals surface area contributed by atoms with E-state index < -0.39 is 11.9 Å². The molecule has 17 heavy (non-hydrogen) atoms. The van der Waals surface area contributed by atoms with Gasteiger partial charge in [0.1, 0.15) is 0 Å². The van der Waals surface area contributed by atoms with Gasteiger partial charge >= 0.3 is 5.97 Å². The first kappa shape index (κ1) is 12.8. The van der Waals surface area contributed by atoms with E-state index in [2.05, 4.69) is 10.1 Å². The van der Waals surface area contributed by atoms with Crippen molar-refractivity contribution in [1.82, 2.24) is 0 Å². The number of benzene rings is 1. The fourth-order valence-corrected chi connectivity index (χ4v) is 1.33. The molecule has 0 unspecified atom stereocenters. The number of ether oxygens (including phenoxy) is 1. The molecule has 0 heterocycles. The summed E-state index contributed by atoms with van der Waals surface area (Å²) in [7, 11) is 1.29. The maximum Gasteiger partial charge on any atom is 0.340 e. The Hall–Kier alpha value is -2.24. The topological polar surface area (TPSA) is 107 Å². The highest BCUT2D eigenvalue weighted by Crippen LogP contribution is 2.23. The number of nitrogens with one attached hydrogen (secondary N) is 1. The number of amides is 1. The van der Waals surface area contributed by atoms with E-state index in [1.165, 1.54) is 7.11 Å². The number of anilines is 2. The number of esters is 1. The summed E-state index contributed by atoms with van der Waals surface area (Å²) in [6.45, 7) is 0.365. The molecule has 0 fully saturated rings. The van der Waals surface area contributed by atoms with Crippen LogP contribution in [-0.4, -0.2) is 25.5 Å². The molecule has 0 aliphatic heterocycles. The SMILES string of the molecule is COC(=O)c1cccc(NCCC(N)=O)c1N. The lowest BCUT2D eigenvalue weighted by molar-refractivity contribution is -0.117. The zero-order valence-electron chi connectivity index (χ0n) is 9.53. The summed E-state index contributed by atoms with van der Waals surface area (Å²) >= 11 is 0. The first-order chi connectivity index (χ1) is 8.06. The molecular weight excluding hydrogens is 222 g/mol. The van der Waals surface area contributed by atoms with Crippen LogP contribution >= 0.6 is 0 Å². The smallest absolute Gasteiger partial charge is 0.340 e. The van der Waals surface area contributed by atoms with Crippen LogP contribution in [0.4, 0.5) is 11.4 Å². The van der Waals surface area contributed by atoms with Gasteiger partial charge in [-0.2, -0.15) is 0 Å². The maximum atomic E-state index is 11.4. The van der Waals surface area contributed by atoms with Crippen molar-refractivity contribution in [3.63, 3.8) is 0 Å². The Morgan fingerprint density at radius 2 is 2.12 bits per heavy atom. The van der Waals surface area contributed by atoms with Crippen LogP contribution in [0.3, 0.4) is 0 Å². The molecular formula is C11H15N3O3. The summed E-state index contributed by atoms with van der Waals surface area (Å²) in [6, 6.07) is 4.96. The molecule has 6 heteroatoms. The molecule has 1 amide bonds.